The van der Waals surface area contributed by atoms with Crippen LogP contribution in [0.1, 0.15) is 37.7 Å². The summed E-state index contributed by atoms with van der Waals surface area (Å²) in [5.41, 5.74) is 0.497. The molecule has 98 valence electrons. The number of nitrogens with zero attached hydrogens (tertiary/aromatic N) is 3. The van der Waals surface area contributed by atoms with E-state index < -0.39 is 4.92 Å². The van der Waals surface area contributed by atoms with Crippen LogP contribution in [0.2, 0.25) is 0 Å². The highest BCUT2D eigenvalue weighted by atomic mass is 16.6. The van der Waals surface area contributed by atoms with Gasteiger partial charge in [0, 0.05) is 5.92 Å². The Kier molecular flexibility index (Phi) is 3.74. The molecule has 0 saturated heterocycles. The van der Waals surface area contributed by atoms with Gasteiger partial charge in [0.1, 0.15) is 6.54 Å². The Hall–Kier alpha value is -1.72. The summed E-state index contributed by atoms with van der Waals surface area (Å²) >= 11 is 0. The number of Topliss-reactive ketones (excluding diaryl/α,β-unsaturated/α-hetero) is 1. The molecular formula is C12H17N3O3. The summed E-state index contributed by atoms with van der Waals surface area (Å²) in [6.45, 7) is 1.78. The van der Waals surface area contributed by atoms with Crippen LogP contribution < -0.4 is 0 Å². The Bertz CT molecular complexity index is 461. The quantitative estimate of drug-likeness (QED) is 0.607. The molecular weight excluding hydrogens is 234 g/mol. The normalized spacial score (nSPS) is 16.7. The molecule has 0 N–H and O–H groups in total. The van der Waals surface area contributed by atoms with Crippen LogP contribution in [0.25, 0.3) is 0 Å². The highest BCUT2D eigenvalue weighted by Gasteiger charge is 2.24. The molecule has 1 fully saturated rings. The lowest BCUT2D eigenvalue weighted by Gasteiger charge is -2.19. The molecule has 6 nitrogen and oxygen atoms in total. The molecule has 0 bridgehead atoms. The number of nitro groups is 1. The first kappa shape index (κ1) is 12.7. The third-order valence-electron chi connectivity index (χ3n) is 3.47. The summed E-state index contributed by atoms with van der Waals surface area (Å²) < 4.78 is 1.39. The molecule has 1 aromatic rings. The zero-order valence-corrected chi connectivity index (χ0v) is 10.5. The van der Waals surface area contributed by atoms with Gasteiger partial charge in [0.15, 0.2) is 5.78 Å². The number of aryl methyl sites for hydroxylation is 1. The number of aromatic nitrogens is 2. The zero-order valence-electron chi connectivity index (χ0n) is 10.5. The van der Waals surface area contributed by atoms with Crippen LogP contribution in [0, 0.1) is 23.0 Å². The van der Waals surface area contributed by atoms with E-state index in [0.717, 1.165) is 25.7 Å². The van der Waals surface area contributed by atoms with Crippen LogP contribution in [-0.2, 0) is 11.3 Å². The highest BCUT2D eigenvalue weighted by Crippen LogP contribution is 2.25. The maximum absolute atomic E-state index is 12.0. The van der Waals surface area contributed by atoms with Crippen molar-refractivity contribution in [3.63, 3.8) is 0 Å². The lowest BCUT2D eigenvalue weighted by atomic mass is 9.86. The molecule has 18 heavy (non-hydrogen) atoms. The Morgan fingerprint density at radius 2 is 2.17 bits per heavy atom. The Morgan fingerprint density at radius 3 is 2.72 bits per heavy atom. The lowest BCUT2D eigenvalue weighted by Crippen LogP contribution is -2.22. The Balaban J connectivity index is 2.02. The van der Waals surface area contributed by atoms with E-state index in [0.29, 0.717) is 5.56 Å². The monoisotopic (exact) mass is 251 g/mol. The van der Waals surface area contributed by atoms with E-state index in [4.69, 9.17) is 0 Å². The van der Waals surface area contributed by atoms with E-state index in [2.05, 4.69) is 5.10 Å². The molecule has 1 aliphatic rings. The number of ketones is 1. The van der Waals surface area contributed by atoms with Crippen LogP contribution in [0.3, 0.4) is 0 Å². The van der Waals surface area contributed by atoms with Crippen molar-refractivity contribution in [2.75, 3.05) is 0 Å². The van der Waals surface area contributed by atoms with Gasteiger partial charge in [-0.15, -0.1) is 0 Å². The second kappa shape index (κ2) is 5.29. The van der Waals surface area contributed by atoms with E-state index >= 15 is 0 Å². The Labute approximate surface area is 105 Å². The standard InChI is InChI=1S/C12H17N3O3/c1-9-7-14(13-12(9)15(17)18)8-11(16)10-5-3-2-4-6-10/h7,10H,2-6,8H2,1H3. The second-order valence-electron chi connectivity index (χ2n) is 4.89. The number of carbonyl (C=O) groups is 1. The molecule has 1 aromatic heterocycles. The van der Waals surface area contributed by atoms with Crippen molar-refractivity contribution in [1.82, 2.24) is 9.78 Å². The third-order valence-corrected chi connectivity index (χ3v) is 3.47. The summed E-state index contributed by atoms with van der Waals surface area (Å²) in [5.74, 6) is 0.0980. The first-order valence-electron chi connectivity index (χ1n) is 6.29. The number of hydrogen-bond acceptors (Lipinski definition) is 4. The van der Waals surface area contributed by atoms with Crippen molar-refractivity contribution in [2.45, 2.75) is 45.6 Å². The van der Waals surface area contributed by atoms with Gasteiger partial charge in [-0.05, 0) is 24.7 Å². The van der Waals surface area contributed by atoms with Crippen LogP contribution in [0.4, 0.5) is 5.82 Å². The summed E-state index contributed by atoms with van der Waals surface area (Å²) in [7, 11) is 0. The molecule has 0 atom stereocenters. The fourth-order valence-corrected chi connectivity index (χ4v) is 2.49. The summed E-state index contributed by atoms with van der Waals surface area (Å²) in [6.07, 6.45) is 6.88. The molecule has 1 saturated carbocycles. The largest absolute Gasteiger partial charge is 0.392 e. The third kappa shape index (κ3) is 2.75. The first-order chi connectivity index (χ1) is 8.58. The van der Waals surface area contributed by atoms with Gasteiger partial charge >= 0.3 is 5.82 Å². The molecule has 0 radical (unpaired) electrons. The van der Waals surface area contributed by atoms with Gasteiger partial charge in [0.25, 0.3) is 0 Å². The molecule has 0 spiro atoms. The fraction of sp³-hybridized carbons (Fsp3) is 0.667. The van der Waals surface area contributed by atoms with Crippen LogP contribution in [0.5, 0.6) is 0 Å². The maximum atomic E-state index is 12.0. The average Bonchev–Trinajstić information content (AvgIpc) is 2.71. The van der Waals surface area contributed by atoms with Gasteiger partial charge in [0.2, 0.25) is 0 Å². The molecule has 6 heteroatoms. The number of rotatable bonds is 4. The lowest BCUT2D eigenvalue weighted by molar-refractivity contribution is -0.390. The van der Waals surface area contributed by atoms with Gasteiger partial charge in [-0.3, -0.25) is 4.79 Å². The first-order valence-corrected chi connectivity index (χ1v) is 6.29. The zero-order chi connectivity index (χ0) is 13.1. The van der Waals surface area contributed by atoms with Gasteiger partial charge < -0.3 is 10.1 Å². The predicted molar refractivity (Wildman–Crippen MR) is 65.2 cm³/mol. The predicted octanol–water partition coefficient (Wildman–Crippen LogP) is 2.25. The second-order valence-corrected chi connectivity index (χ2v) is 4.89. The van der Waals surface area contributed by atoms with Crippen molar-refractivity contribution < 1.29 is 9.72 Å². The van der Waals surface area contributed by atoms with E-state index in [1.807, 2.05) is 0 Å². The van der Waals surface area contributed by atoms with E-state index in [-0.39, 0.29) is 24.1 Å². The molecule has 0 aliphatic heterocycles. The van der Waals surface area contributed by atoms with Gasteiger partial charge in [-0.1, -0.05) is 19.3 Å². The van der Waals surface area contributed by atoms with Crippen LogP contribution in [-0.4, -0.2) is 20.5 Å². The average molecular weight is 251 g/mol. The topological polar surface area (TPSA) is 78.0 Å². The number of hydrogen-bond donors (Lipinski definition) is 0. The minimum absolute atomic E-state index is 0.113. The van der Waals surface area contributed by atoms with Crippen molar-refractivity contribution in [3.05, 3.63) is 21.9 Å². The van der Waals surface area contributed by atoms with Crippen molar-refractivity contribution in [3.8, 4) is 0 Å². The van der Waals surface area contributed by atoms with E-state index in [9.17, 15) is 14.9 Å². The minimum Gasteiger partial charge on any atom is -0.358 e. The summed E-state index contributed by atoms with van der Waals surface area (Å²) in [4.78, 5) is 22.2. The smallest absolute Gasteiger partial charge is 0.358 e. The molecule has 2 rings (SSSR count). The molecule has 1 heterocycles. The summed E-state index contributed by atoms with van der Waals surface area (Å²) in [5, 5.41) is 14.5. The Morgan fingerprint density at radius 1 is 1.50 bits per heavy atom. The van der Waals surface area contributed by atoms with E-state index in [1.54, 1.807) is 13.1 Å². The summed E-state index contributed by atoms with van der Waals surface area (Å²) in [6, 6.07) is 0. The number of carbonyl (C=O) groups excluding carboxylic acids is 1. The van der Waals surface area contributed by atoms with Crippen molar-refractivity contribution >= 4 is 11.6 Å². The van der Waals surface area contributed by atoms with Crippen molar-refractivity contribution in [1.29, 1.82) is 0 Å². The SMILES string of the molecule is Cc1cn(CC(=O)C2CCCCC2)nc1[N+](=O)[O-]. The van der Waals surface area contributed by atoms with Gasteiger partial charge in [-0.2, -0.15) is 4.68 Å². The minimum atomic E-state index is -0.517. The molecule has 1 aliphatic carbocycles. The fourth-order valence-electron chi connectivity index (χ4n) is 2.49. The maximum Gasteiger partial charge on any atom is 0.392 e. The molecule has 0 unspecified atom stereocenters. The molecule has 0 aromatic carbocycles. The van der Waals surface area contributed by atoms with Crippen LogP contribution >= 0.6 is 0 Å². The molecule has 0 amide bonds. The van der Waals surface area contributed by atoms with Gasteiger partial charge in [0.05, 0.1) is 16.9 Å². The highest BCUT2D eigenvalue weighted by molar-refractivity contribution is 5.80. The van der Waals surface area contributed by atoms with Gasteiger partial charge in [-0.25, -0.2) is 0 Å². The van der Waals surface area contributed by atoms with Crippen LogP contribution in [0.15, 0.2) is 6.20 Å². The van der Waals surface area contributed by atoms with E-state index in [1.165, 1.54) is 11.1 Å². The van der Waals surface area contributed by atoms with Crippen molar-refractivity contribution in [2.24, 2.45) is 5.92 Å².